The summed E-state index contributed by atoms with van der Waals surface area (Å²) in [4.78, 5) is 12.8. The quantitative estimate of drug-likeness (QED) is 0.426. The molecule has 5 N–H and O–H groups in total. The van der Waals surface area contributed by atoms with Crippen molar-refractivity contribution in [3.05, 3.63) is 0 Å². The maximum Gasteiger partial charge on any atom is 0.237 e. The fraction of sp³-hybridized carbons (Fsp3) is 0.944. The van der Waals surface area contributed by atoms with Gasteiger partial charge in [0.2, 0.25) is 5.91 Å². The van der Waals surface area contributed by atoms with Gasteiger partial charge >= 0.3 is 0 Å². The van der Waals surface area contributed by atoms with Crippen molar-refractivity contribution in [2.45, 2.75) is 87.6 Å². The van der Waals surface area contributed by atoms with Gasteiger partial charge in [-0.3, -0.25) is 4.79 Å². The number of aliphatic hydroxyl groups is 3. The molecule has 7 nitrogen and oxygen atoms in total. The summed E-state index contributed by atoms with van der Waals surface area (Å²) in [5.41, 5.74) is -2.07. The molecule has 2 rings (SSSR count). The fourth-order valence-electron chi connectivity index (χ4n) is 3.78. The molecule has 0 aromatic rings. The molecule has 0 aromatic heterocycles. The molecule has 0 saturated carbocycles. The number of nitrogens with one attached hydrogen (secondary N) is 2. The first-order chi connectivity index (χ1) is 12.6. The van der Waals surface area contributed by atoms with Crippen molar-refractivity contribution in [3.8, 4) is 0 Å². The van der Waals surface area contributed by atoms with E-state index in [-0.39, 0.29) is 18.2 Å². The molecular weight excluding hydrogens is 375 g/mol. The summed E-state index contributed by atoms with van der Waals surface area (Å²) in [5.74, 6) is -0.454. The Hall–Kier alpha value is -0.450. The Morgan fingerprint density at radius 2 is 2.00 bits per heavy atom. The van der Waals surface area contributed by atoms with E-state index in [1.807, 2.05) is 13.8 Å². The monoisotopic (exact) mass is 408 g/mol. The average molecular weight is 409 g/mol. The molecule has 2 heterocycles. The predicted octanol–water partition coefficient (Wildman–Crippen LogP) is 0.168. The number of thioether (sulfide) groups is 1. The molecular formula is C18H33FN2O5S. The molecule has 0 aliphatic carbocycles. The molecule has 2 fully saturated rings. The summed E-state index contributed by atoms with van der Waals surface area (Å²) in [5, 5.41) is 36.5. The standard InChI is InChI=1S/C18H33FN2O5S/c1-5-18(19)6-7-20-10(8-18)16(25)21-11(9(2)3)15-13(23)12(22)14(24)17(26-15)27-4/h9-15,17,20,22-24H,5-8H2,1-4H3,(H,21,25). The van der Waals surface area contributed by atoms with Crippen molar-refractivity contribution >= 4 is 17.7 Å². The van der Waals surface area contributed by atoms with E-state index >= 15 is 0 Å². The molecule has 1 amide bonds. The van der Waals surface area contributed by atoms with E-state index in [1.165, 1.54) is 11.8 Å². The topological polar surface area (TPSA) is 111 Å². The lowest BCUT2D eigenvalue weighted by Crippen LogP contribution is -2.65. The molecule has 9 heteroatoms. The van der Waals surface area contributed by atoms with Gasteiger partial charge in [0.1, 0.15) is 35.5 Å². The number of aliphatic hydroxyl groups excluding tert-OH is 3. The van der Waals surface area contributed by atoms with Crippen molar-refractivity contribution in [2.24, 2.45) is 5.92 Å². The van der Waals surface area contributed by atoms with E-state index in [2.05, 4.69) is 10.6 Å². The van der Waals surface area contributed by atoms with Crippen LogP contribution in [-0.2, 0) is 9.53 Å². The second kappa shape index (κ2) is 9.37. The average Bonchev–Trinajstić information content (AvgIpc) is 2.64. The van der Waals surface area contributed by atoms with Gasteiger partial charge in [0.25, 0.3) is 0 Å². The SMILES string of the molecule is CCC1(F)CCNC(C(=O)NC(C(C)C)C2OC(SC)C(O)C(O)C2O)C1. The first kappa shape index (κ1) is 22.8. The van der Waals surface area contributed by atoms with E-state index in [4.69, 9.17) is 4.74 Å². The van der Waals surface area contributed by atoms with Crippen molar-refractivity contribution in [1.29, 1.82) is 0 Å². The summed E-state index contributed by atoms with van der Waals surface area (Å²) in [6, 6.07) is -1.25. The minimum Gasteiger partial charge on any atom is -0.388 e. The van der Waals surface area contributed by atoms with Crippen LogP contribution in [0.15, 0.2) is 0 Å². The van der Waals surface area contributed by atoms with E-state index in [9.17, 15) is 24.5 Å². The second-order valence-electron chi connectivity index (χ2n) is 7.92. The lowest BCUT2D eigenvalue weighted by Gasteiger charge is -2.44. The van der Waals surface area contributed by atoms with Gasteiger partial charge in [-0.2, -0.15) is 0 Å². The highest BCUT2D eigenvalue weighted by molar-refractivity contribution is 7.99. The third-order valence-corrected chi connectivity index (χ3v) is 6.56. The maximum absolute atomic E-state index is 14.7. The number of amides is 1. The molecule has 8 unspecified atom stereocenters. The van der Waals surface area contributed by atoms with Crippen LogP contribution in [0.1, 0.15) is 40.0 Å². The third kappa shape index (κ3) is 5.13. The van der Waals surface area contributed by atoms with E-state index in [1.54, 1.807) is 13.2 Å². The Morgan fingerprint density at radius 1 is 1.33 bits per heavy atom. The van der Waals surface area contributed by atoms with E-state index in [0.717, 1.165) is 0 Å². The number of halogens is 1. The molecule has 0 bridgehead atoms. The van der Waals surface area contributed by atoms with Crippen LogP contribution in [-0.4, -0.2) is 81.6 Å². The Labute approximate surface area is 164 Å². The number of alkyl halides is 1. The highest BCUT2D eigenvalue weighted by Crippen LogP contribution is 2.32. The van der Waals surface area contributed by atoms with Gasteiger partial charge in [-0.1, -0.05) is 20.8 Å². The van der Waals surface area contributed by atoms with Gasteiger partial charge < -0.3 is 30.7 Å². The van der Waals surface area contributed by atoms with Crippen LogP contribution in [0.3, 0.4) is 0 Å². The normalized spacial score (nSPS) is 41.4. The van der Waals surface area contributed by atoms with Gasteiger partial charge in [0.05, 0.1) is 12.1 Å². The zero-order valence-corrected chi connectivity index (χ0v) is 17.2. The van der Waals surface area contributed by atoms with Crippen LogP contribution >= 0.6 is 11.8 Å². The Balaban J connectivity index is 2.11. The third-order valence-electron chi connectivity index (χ3n) is 5.70. The number of ether oxygens (including phenoxy) is 1. The van der Waals surface area contributed by atoms with E-state index < -0.39 is 47.6 Å². The number of piperidine rings is 1. The van der Waals surface area contributed by atoms with Gasteiger partial charge in [-0.25, -0.2) is 4.39 Å². The van der Waals surface area contributed by atoms with Crippen LogP contribution in [0.4, 0.5) is 4.39 Å². The molecule has 0 radical (unpaired) electrons. The molecule has 2 aliphatic heterocycles. The lowest BCUT2D eigenvalue weighted by molar-refractivity contribution is -0.208. The van der Waals surface area contributed by atoms with Crippen LogP contribution in [0.25, 0.3) is 0 Å². The largest absolute Gasteiger partial charge is 0.388 e. The molecule has 0 spiro atoms. The summed E-state index contributed by atoms with van der Waals surface area (Å²) >= 11 is 1.22. The number of rotatable bonds is 6. The van der Waals surface area contributed by atoms with Crippen molar-refractivity contribution < 1.29 is 29.2 Å². The smallest absolute Gasteiger partial charge is 0.237 e. The minimum absolute atomic E-state index is 0.100. The summed E-state index contributed by atoms with van der Waals surface area (Å²) in [7, 11) is 0. The molecule has 2 saturated heterocycles. The molecule has 0 aromatic carbocycles. The summed E-state index contributed by atoms with van der Waals surface area (Å²) < 4.78 is 20.5. The number of carbonyl (C=O) groups excluding carboxylic acids is 1. The van der Waals surface area contributed by atoms with Gasteiger partial charge in [-0.15, -0.1) is 11.8 Å². The maximum atomic E-state index is 14.7. The van der Waals surface area contributed by atoms with Gasteiger partial charge in [0.15, 0.2) is 0 Å². The zero-order chi connectivity index (χ0) is 20.4. The predicted molar refractivity (Wildman–Crippen MR) is 102 cm³/mol. The molecule has 158 valence electrons. The fourth-order valence-corrected chi connectivity index (χ4v) is 4.45. The number of carbonyl (C=O) groups is 1. The first-order valence-electron chi connectivity index (χ1n) is 9.58. The second-order valence-corrected chi connectivity index (χ2v) is 8.86. The Morgan fingerprint density at radius 3 is 2.56 bits per heavy atom. The Kier molecular flexibility index (Phi) is 7.92. The van der Waals surface area contributed by atoms with Gasteiger partial charge in [0, 0.05) is 6.42 Å². The lowest BCUT2D eigenvalue weighted by atomic mass is 9.85. The summed E-state index contributed by atoms with van der Waals surface area (Å²) in [6.07, 6.45) is -2.24. The zero-order valence-electron chi connectivity index (χ0n) is 16.4. The van der Waals surface area contributed by atoms with Crippen molar-refractivity contribution in [2.75, 3.05) is 12.8 Å². The highest BCUT2D eigenvalue weighted by Gasteiger charge is 2.48. The highest BCUT2D eigenvalue weighted by atomic mass is 32.2. The number of hydrogen-bond donors (Lipinski definition) is 5. The molecule has 8 atom stereocenters. The van der Waals surface area contributed by atoms with Gasteiger partial charge in [-0.05, 0) is 31.6 Å². The van der Waals surface area contributed by atoms with E-state index in [0.29, 0.717) is 19.4 Å². The molecule has 27 heavy (non-hydrogen) atoms. The molecule has 2 aliphatic rings. The first-order valence-corrected chi connectivity index (χ1v) is 10.9. The van der Waals surface area contributed by atoms with Crippen LogP contribution in [0, 0.1) is 5.92 Å². The Bertz CT molecular complexity index is 512. The van der Waals surface area contributed by atoms with Crippen LogP contribution in [0.2, 0.25) is 0 Å². The van der Waals surface area contributed by atoms with Crippen molar-refractivity contribution in [3.63, 3.8) is 0 Å². The minimum atomic E-state index is -1.37. The van der Waals surface area contributed by atoms with Crippen LogP contribution in [0.5, 0.6) is 0 Å². The van der Waals surface area contributed by atoms with Crippen LogP contribution < -0.4 is 10.6 Å². The summed E-state index contributed by atoms with van der Waals surface area (Å²) in [6.45, 7) is 5.94. The number of hydrogen-bond acceptors (Lipinski definition) is 7. The van der Waals surface area contributed by atoms with Crippen molar-refractivity contribution in [1.82, 2.24) is 10.6 Å².